The van der Waals surface area contributed by atoms with E-state index < -0.39 is 17.8 Å². The zero-order valence-corrected chi connectivity index (χ0v) is 16.4. The first-order valence-electron chi connectivity index (χ1n) is 8.78. The van der Waals surface area contributed by atoms with Crippen molar-refractivity contribution in [3.63, 3.8) is 0 Å². The van der Waals surface area contributed by atoms with Crippen molar-refractivity contribution >= 4 is 29.3 Å². The molecule has 0 bridgehead atoms. The van der Waals surface area contributed by atoms with Gasteiger partial charge in [-0.2, -0.15) is 0 Å². The largest absolute Gasteiger partial charge is 0.496 e. The van der Waals surface area contributed by atoms with Crippen LogP contribution in [-0.4, -0.2) is 25.7 Å². The second kappa shape index (κ2) is 10.5. The molecule has 6 nitrogen and oxygen atoms in total. The maximum absolute atomic E-state index is 13.1. The minimum absolute atomic E-state index is 0.129. The molecule has 0 radical (unpaired) electrons. The van der Waals surface area contributed by atoms with Crippen molar-refractivity contribution in [1.29, 1.82) is 0 Å². The summed E-state index contributed by atoms with van der Waals surface area (Å²) in [6.07, 6.45) is 1.71. The number of benzene rings is 2. The van der Waals surface area contributed by atoms with Gasteiger partial charge >= 0.3 is 12.0 Å². The highest BCUT2D eigenvalue weighted by molar-refractivity contribution is 6.31. The first-order valence-corrected chi connectivity index (χ1v) is 9.16. The molecule has 0 spiro atoms. The standard InChI is InChI=1S/C20H22ClFN2O4/c1-3-4-9-28-19(25)16-8-7-15(11-18(16)27-2)24-20(26)23-12-13-5-6-14(22)10-17(13)21/h5-8,10-11H,3-4,9,12H2,1-2H3,(H2,23,24,26). The lowest BCUT2D eigenvalue weighted by Gasteiger charge is -2.12. The Hall–Kier alpha value is -2.80. The quantitative estimate of drug-likeness (QED) is 0.487. The van der Waals surface area contributed by atoms with Crippen LogP contribution in [0.5, 0.6) is 5.75 Å². The summed E-state index contributed by atoms with van der Waals surface area (Å²) in [5, 5.41) is 5.49. The van der Waals surface area contributed by atoms with Gasteiger partial charge in [0, 0.05) is 23.3 Å². The number of unbranched alkanes of at least 4 members (excludes halogenated alkanes) is 1. The number of anilines is 1. The second-order valence-corrected chi connectivity index (χ2v) is 6.36. The second-order valence-electron chi connectivity index (χ2n) is 5.95. The number of nitrogens with one attached hydrogen (secondary N) is 2. The Kier molecular flexibility index (Phi) is 8.07. The Labute approximate surface area is 168 Å². The molecule has 0 aliphatic rings. The number of methoxy groups -OCH3 is 1. The molecule has 28 heavy (non-hydrogen) atoms. The number of rotatable bonds is 8. The average Bonchev–Trinajstić information content (AvgIpc) is 2.67. The lowest BCUT2D eigenvalue weighted by molar-refractivity contribution is 0.0496. The van der Waals surface area contributed by atoms with Gasteiger partial charge in [-0.1, -0.05) is 31.0 Å². The highest BCUT2D eigenvalue weighted by Gasteiger charge is 2.15. The van der Waals surface area contributed by atoms with Crippen molar-refractivity contribution in [2.45, 2.75) is 26.3 Å². The van der Waals surface area contributed by atoms with Crippen LogP contribution >= 0.6 is 11.6 Å². The van der Waals surface area contributed by atoms with Crippen LogP contribution in [-0.2, 0) is 11.3 Å². The summed E-state index contributed by atoms with van der Waals surface area (Å²) in [6, 6.07) is 8.09. The van der Waals surface area contributed by atoms with Gasteiger partial charge in [0.25, 0.3) is 0 Å². The first kappa shape index (κ1) is 21.5. The fourth-order valence-corrected chi connectivity index (χ4v) is 2.57. The van der Waals surface area contributed by atoms with E-state index in [-0.39, 0.29) is 17.1 Å². The van der Waals surface area contributed by atoms with E-state index >= 15 is 0 Å². The molecular formula is C20H22ClFN2O4. The number of esters is 1. The van der Waals surface area contributed by atoms with Gasteiger partial charge in [-0.25, -0.2) is 14.0 Å². The Morgan fingerprint density at radius 1 is 1.18 bits per heavy atom. The van der Waals surface area contributed by atoms with Gasteiger partial charge in [0.1, 0.15) is 17.1 Å². The van der Waals surface area contributed by atoms with Gasteiger partial charge in [-0.3, -0.25) is 0 Å². The predicted octanol–water partition coefficient (Wildman–Crippen LogP) is 4.77. The van der Waals surface area contributed by atoms with Crippen LogP contribution in [0.25, 0.3) is 0 Å². The van der Waals surface area contributed by atoms with Gasteiger partial charge in [0.2, 0.25) is 0 Å². The van der Waals surface area contributed by atoms with Crippen LogP contribution in [0.15, 0.2) is 36.4 Å². The van der Waals surface area contributed by atoms with Crippen LogP contribution in [0.1, 0.15) is 35.7 Å². The van der Waals surface area contributed by atoms with Crippen molar-refractivity contribution in [3.05, 3.63) is 58.4 Å². The zero-order valence-electron chi connectivity index (χ0n) is 15.7. The number of hydrogen-bond acceptors (Lipinski definition) is 4. The van der Waals surface area contributed by atoms with Crippen LogP contribution in [0, 0.1) is 5.82 Å². The van der Waals surface area contributed by atoms with E-state index in [0.29, 0.717) is 23.6 Å². The van der Waals surface area contributed by atoms with E-state index in [4.69, 9.17) is 21.1 Å². The highest BCUT2D eigenvalue weighted by Crippen LogP contribution is 2.24. The van der Waals surface area contributed by atoms with Gasteiger partial charge in [-0.15, -0.1) is 0 Å². The van der Waals surface area contributed by atoms with Crippen LogP contribution in [0.2, 0.25) is 5.02 Å². The van der Waals surface area contributed by atoms with Crippen LogP contribution < -0.4 is 15.4 Å². The lowest BCUT2D eigenvalue weighted by Crippen LogP contribution is -2.28. The average molecular weight is 409 g/mol. The Bertz CT molecular complexity index is 845. The molecule has 2 amide bonds. The number of urea groups is 1. The van der Waals surface area contributed by atoms with E-state index in [0.717, 1.165) is 12.8 Å². The minimum Gasteiger partial charge on any atom is -0.496 e. The smallest absolute Gasteiger partial charge is 0.341 e. The molecule has 8 heteroatoms. The number of carbonyl (C=O) groups is 2. The van der Waals surface area contributed by atoms with E-state index in [1.54, 1.807) is 6.07 Å². The normalized spacial score (nSPS) is 10.3. The van der Waals surface area contributed by atoms with E-state index in [1.165, 1.54) is 37.4 Å². The van der Waals surface area contributed by atoms with E-state index in [9.17, 15) is 14.0 Å². The van der Waals surface area contributed by atoms with Gasteiger partial charge in [0.05, 0.1) is 13.7 Å². The summed E-state index contributed by atoms with van der Waals surface area (Å²) in [4.78, 5) is 24.2. The molecule has 0 saturated carbocycles. The monoisotopic (exact) mass is 408 g/mol. The zero-order chi connectivity index (χ0) is 20.5. The summed E-state index contributed by atoms with van der Waals surface area (Å²) in [5.74, 6) is -0.633. The number of amides is 2. The summed E-state index contributed by atoms with van der Waals surface area (Å²) in [6.45, 7) is 2.47. The molecule has 0 unspecified atom stereocenters. The fraction of sp³-hybridized carbons (Fsp3) is 0.300. The molecule has 2 rings (SSSR count). The highest BCUT2D eigenvalue weighted by atomic mass is 35.5. The maximum Gasteiger partial charge on any atom is 0.341 e. The molecule has 0 atom stereocenters. The van der Waals surface area contributed by atoms with Crippen LogP contribution in [0.4, 0.5) is 14.9 Å². The summed E-state index contributed by atoms with van der Waals surface area (Å²) >= 11 is 5.93. The van der Waals surface area contributed by atoms with Gasteiger partial charge in [-0.05, 0) is 36.2 Å². The third kappa shape index (κ3) is 6.13. The van der Waals surface area contributed by atoms with Gasteiger partial charge < -0.3 is 20.1 Å². The third-order valence-electron chi connectivity index (χ3n) is 3.86. The summed E-state index contributed by atoms with van der Waals surface area (Å²) in [5.41, 5.74) is 1.30. The SMILES string of the molecule is CCCCOC(=O)c1ccc(NC(=O)NCc2ccc(F)cc2Cl)cc1OC. The first-order chi connectivity index (χ1) is 13.4. The molecule has 0 aliphatic carbocycles. The van der Waals surface area contributed by atoms with Crippen molar-refractivity contribution in [1.82, 2.24) is 5.32 Å². The van der Waals surface area contributed by atoms with Crippen molar-refractivity contribution in [3.8, 4) is 5.75 Å². The molecule has 2 N–H and O–H groups in total. The number of ether oxygens (including phenoxy) is 2. The lowest BCUT2D eigenvalue weighted by atomic mass is 10.2. The number of hydrogen-bond donors (Lipinski definition) is 2. The Balaban J connectivity index is 1.97. The van der Waals surface area contributed by atoms with Crippen molar-refractivity contribution < 1.29 is 23.5 Å². The Morgan fingerprint density at radius 3 is 2.64 bits per heavy atom. The molecular weight excluding hydrogens is 387 g/mol. The maximum atomic E-state index is 13.1. The summed E-state index contributed by atoms with van der Waals surface area (Å²) < 4.78 is 23.5. The van der Waals surface area contributed by atoms with E-state index in [2.05, 4.69) is 10.6 Å². The molecule has 0 saturated heterocycles. The fourth-order valence-electron chi connectivity index (χ4n) is 2.34. The van der Waals surface area contributed by atoms with Crippen molar-refractivity contribution in [2.75, 3.05) is 19.0 Å². The molecule has 0 heterocycles. The topological polar surface area (TPSA) is 76.7 Å². The number of carbonyl (C=O) groups excluding carboxylic acids is 2. The van der Waals surface area contributed by atoms with Gasteiger partial charge in [0.15, 0.2) is 0 Å². The molecule has 0 fully saturated rings. The molecule has 0 aromatic heterocycles. The summed E-state index contributed by atoms with van der Waals surface area (Å²) in [7, 11) is 1.43. The third-order valence-corrected chi connectivity index (χ3v) is 4.22. The van der Waals surface area contributed by atoms with E-state index in [1.807, 2.05) is 6.92 Å². The Morgan fingerprint density at radius 2 is 1.96 bits per heavy atom. The molecule has 0 aliphatic heterocycles. The molecule has 2 aromatic carbocycles. The minimum atomic E-state index is -0.485. The molecule has 2 aromatic rings. The van der Waals surface area contributed by atoms with Crippen molar-refractivity contribution in [2.24, 2.45) is 0 Å². The predicted molar refractivity (Wildman–Crippen MR) is 105 cm³/mol. The number of halogens is 2. The van der Waals surface area contributed by atoms with Crippen LogP contribution in [0.3, 0.4) is 0 Å². The molecule has 150 valence electrons.